The Balaban J connectivity index is 1.61. The van der Waals surface area contributed by atoms with Gasteiger partial charge in [0.15, 0.2) is 10.8 Å². The van der Waals surface area contributed by atoms with Crippen LogP contribution in [0, 0.1) is 6.92 Å². The lowest BCUT2D eigenvalue weighted by molar-refractivity contribution is 0.0376. The van der Waals surface area contributed by atoms with E-state index in [9.17, 15) is 4.79 Å². The first-order valence-corrected chi connectivity index (χ1v) is 11.5. The number of thiazole rings is 1. The molecule has 0 radical (unpaired) electrons. The zero-order chi connectivity index (χ0) is 21.8. The number of nitrogens with zero attached hydrogens (tertiary/aromatic N) is 5. The molecule has 0 atom stereocenters. The Bertz CT molecular complexity index is 1040. The molecule has 3 aromatic rings. The minimum Gasteiger partial charge on any atom is -0.492 e. The highest BCUT2D eigenvalue weighted by Gasteiger charge is 2.25. The van der Waals surface area contributed by atoms with Crippen molar-refractivity contribution in [2.75, 3.05) is 50.9 Å². The first-order chi connectivity index (χ1) is 15.1. The van der Waals surface area contributed by atoms with Crippen molar-refractivity contribution >= 4 is 32.6 Å². The van der Waals surface area contributed by atoms with E-state index in [0.717, 1.165) is 60.8 Å². The number of rotatable bonds is 8. The Morgan fingerprint density at radius 3 is 2.84 bits per heavy atom. The lowest BCUT2D eigenvalue weighted by Crippen LogP contribution is -2.39. The highest BCUT2D eigenvalue weighted by Crippen LogP contribution is 2.35. The van der Waals surface area contributed by atoms with Gasteiger partial charge in [-0.1, -0.05) is 17.4 Å². The number of hydrogen-bond acceptors (Lipinski definition) is 7. The molecule has 9 heteroatoms. The SMILES string of the molecule is CCOc1cccc2sc(N(CCCN3CCOCC3)C(=O)c3nn(C)cc3C)nc12. The lowest BCUT2D eigenvalue weighted by atomic mass is 10.2. The number of carbonyl (C=O) groups is 1. The number of morpholine rings is 1. The van der Waals surface area contributed by atoms with Crippen molar-refractivity contribution in [2.24, 2.45) is 7.05 Å². The van der Waals surface area contributed by atoms with Crippen molar-refractivity contribution in [2.45, 2.75) is 20.3 Å². The molecule has 0 N–H and O–H groups in total. The minimum atomic E-state index is -0.114. The van der Waals surface area contributed by atoms with E-state index in [1.54, 1.807) is 9.58 Å². The summed E-state index contributed by atoms with van der Waals surface area (Å²) in [5.74, 6) is 0.634. The number of aromatic nitrogens is 3. The first kappa shape index (κ1) is 21.7. The van der Waals surface area contributed by atoms with Crippen LogP contribution in [0.5, 0.6) is 5.75 Å². The number of benzene rings is 1. The molecule has 0 aliphatic carbocycles. The molecule has 1 saturated heterocycles. The van der Waals surface area contributed by atoms with E-state index in [0.29, 0.717) is 24.0 Å². The Kier molecular flexibility index (Phi) is 6.84. The molecule has 1 fully saturated rings. The molecule has 0 saturated carbocycles. The largest absolute Gasteiger partial charge is 0.492 e. The molecule has 1 aliphatic heterocycles. The highest BCUT2D eigenvalue weighted by molar-refractivity contribution is 7.22. The average Bonchev–Trinajstić information content (AvgIpc) is 3.35. The van der Waals surface area contributed by atoms with E-state index >= 15 is 0 Å². The molecule has 8 nitrogen and oxygen atoms in total. The summed E-state index contributed by atoms with van der Waals surface area (Å²) < 4.78 is 13.9. The number of hydrogen-bond donors (Lipinski definition) is 0. The van der Waals surface area contributed by atoms with Crippen molar-refractivity contribution < 1.29 is 14.3 Å². The third-order valence-corrected chi connectivity index (χ3v) is 6.36. The maximum absolute atomic E-state index is 13.5. The molecule has 0 bridgehead atoms. The van der Waals surface area contributed by atoms with Gasteiger partial charge in [-0.2, -0.15) is 5.10 Å². The summed E-state index contributed by atoms with van der Waals surface area (Å²) in [6.45, 7) is 9.36. The fourth-order valence-electron chi connectivity index (χ4n) is 3.81. The molecule has 4 rings (SSSR count). The van der Waals surface area contributed by atoms with Gasteiger partial charge in [0.2, 0.25) is 0 Å². The van der Waals surface area contributed by atoms with Crippen LogP contribution in [0.1, 0.15) is 29.4 Å². The zero-order valence-corrected chi connectivity index (χ0v) is 19.2. The number of fused-ring (bicyclic) bond motifs is 1. The van der Waals surface area contributed by atoms with Gasteiger partial charge in [-0.25, -0.2) is 4.98 Å². The number of carbonyl (C=O) groups excluding carboxylic acids is 1. The number of para-hydroxylation sites is 1. The van der Waals surface area contributed by atoms with E-state index in [4.69, 9.17) is 14.5 Å². The highest BCUT2D eigenvalue weighted by atomic mass is 32.1. The predicted octanol–water partition coefficient (Wildman–Crippen LogP) is 3.11. The van der Waals surface area contributed by atoms with Gasteiger partial charge in [-0.3, -0.25) is 19.3 Å². The van der Waals surface area contributed by atoms with Crippen LogP contribution in [0.2, 0.25) is 0 Å². The summed E-state index contributed by atoms with van der Waals surface area (Å²) in [5.41, 5.74) is 2.13. The maximum Gasteiger partial charge on any atom is 0.280 e. The van der Waals surface area contributed by atoms with Crippen LogP contribution in [0.25, 0.3) is 10.2 Å². The smallest absolute Gasteiger partial charge is 0.280 e. The van der Waals surface area contributed by atoms with Crippen molar-refractivity contribution in [1.82, 2.24) is 19.7 Å². The van der Waals surface area contributed by atoms with Gasteiger partial charge in [-0.15, -0.1) is 0 Å². The van der Waals surface area contributed by atoms with Crippen LogP contribution < -0.4 is 9.64 Å². The van der Waals surface area contributed by atoms with Crippen molar-refractivity contribution in [3.8, 4) is 5.75 Å². The van der Waals surface area contributed by atoms with E-state index in [-0.39, 0.29) is 5.91 Å². The van der Waals surface area contributed by atoms with Crippen LogP contribution in [0.3, 0.4) is 0 Å². The normalized spacial score (nSPS) is 14.8. The second-order valence-corrected chi connectivity index (χ2v) is 8.64. The predicted molar refractivity (Wildman–Crippen MR) is 122 cm³/mol. The molecule has 2 aromatic heterocycles. The topological polar surface area (TPSA) is 72.7 Å². The summed E-state index contributed by atoms with van der Waals surface area (Å²) in [4.78, 5) is 22.5. The Morgan fingerprint density at radius 2 is 2.13 bits per heavy atom. The first-order valence-electron chi connectivity index (χ1n) is 10.7. The fourth-order valence-corrected chi connectivity index (χ4v) is 4.81. The Morgan fingerprint density at radius 1 is 1.32 bits per heavy atom. The molecule has 166 valence electrons. The van der Waals surface area contributed by atoms with Crippen molar-refractivity contribution in [1.29, 1.82) is 0 Å². The van der Waals surface area contributed by atoms with Crippen LogP contribution in [-0.4, -0.2) is 71.6 Å². The van der Waals surface area contributed by atoms with Gasteiger partial charge in [-0.05, 0) is 32.4 Å². The summed E-state index contributed by atoms with van der Waals surface area (Å²) in [7, 11) is 1.83. The minimum absolute atomic E-state index is 0.114. The fraction of sp³-hybridized carbons (Fsp3) is 0.500. The lowest BCUT2D eigenvalue weighted by Gasteiger charge is -2.27. The molecular formula is C22H29N5O3S. The molecule has 0 spiro atoms. The molecule has 31 heavy (non-hydrogen) atoms. The standard InChI is InChI=1S/C22H29N5O3S/c1-4-30-17-7-5-8-18-20(17)23-22(31-18)27(10-6-9-26-11-13-29-14-12-26)21(28)19-16(2)15-25(3)24-19/h5,7-8,15H,4,6,9-14H2,1-3H3. The average molecular weight is 444 g/mol. The summed E-state index contributed by atoms with van der Waals surface area (Å²) in [5, 5.41) is 5.09. The van der Waals surface area contributed by atoms with Gasteiger partial charge in [0.25, 0.3) is 5.91 Å². The Labute approximate surface area is 186 Å². The monoisotopic (exact) mass is 443 g/mol. The van der Waals surface area contributed by atoms with E-state index in [2.05, 4.69) is 10.00 Å². The van der Waals surface area contributed by atoms with Crippen molar-refractivity contribution in [3.05, 3.63) is 35.7 Å². The van der Waals surface area contributed by atoms with Crippen LogP contribution in [0.4, 0.5) is 5.13 Å². The second-order valence-electron chi connectivity index (χ2n) is 7.63. The third-order valence-electron chi connectivity index (χ3n) is 5.32. The third kappa shape index (κ3) is 4.89. The van der Waals surface area contributed by atoms with Gasteiger partial charge in [0.05, 0.1) is 24.5 Å². The van der Waals surface area contributed by atoms with Gasteiger partial charge in [0, 0.05) is 45.0 Å². The number of anilines is 1. The van der Waals surface area contributed by atoms with Crippen molar-refractivity contribution in [3.63, 3.8) is 0 Å². The molecule has 1 aromatic carbocycles. The number of aryl methyl sites for hydroxylation is 2. The quantitative estimate of drug-likeness (QED) is 0.533. The summed E-state index contributed by atoms with van der Waals surface area (Å²) in [6.07, 6.45) is 2.72. The molecular weight excluding hydrogens is 414 g/mol. The molecule has 1 aliphatic rings. The van der Waals surface area contributed by atoms with Gasteiger partial charge < -0.3 is 9.47 Å². The van der Waals surface area contributed by atoms with E-state index < -0.39 is 0 Å². The van der Waals surface area contributed by atoms with Gasteiger partial charge in [0.1, 0.15) is 11.3 Å². The summed E-state index contributed by atoms with van der Waals surface area (Å²) >= 11 is 1.51. The summed E-state index contributed by atoms with van der Waals surface area (Å²) in [6, 6.07) is 5.90. The van der Waals surface area contributed by atoms with E-state index in [1.165, 1.54) is 11.3 Å². The second kappa shape index (κ2) is 9.76. The molecule has 1 amide bonds. The zero-order valence-electron chi connectivity index (χ0n) is 18.3. The van der Waals surface area contributed by atoms with Crippen LogP contribution in [0.15, 0.2) is 24.4 Å². The van der Waals surface area contributed by atoms with E-state index in [1.807, 2.05) is 45.3 Å². The molecule has 0 unspecified atom stereocenters. The van der Waals surface area contributed by atoms with Gasteiger partial charge >= 0.3 is 0 Å². The number of amides is 1. The van der Waals surface area contributed by atoms with Crippen LogP contribution in [-0.2, 0) is 11.8 Å². The molecule has 3 heterocycles. The Hall–Kier alpha value is -2.49. The van der Waals surface area contributed by atoms with Crippen LogP contribution >= 0.6 is 11.3 Å². The maximum atomic E-state index is 13.5. The number of ether oxygens (including phenoxy) is 2.